The fraction of sp³-hybridized carbons (Fsp3) is 0.429. The number of aromatic nitrogens is 3. The molecule has 7 heteroatoms. The van der Waals surface area contributed by atoms with Crippen LogP contribution < -0.4 is 15.2 Å². The van der Waals surface area contributed by atoms with Crippen molar-refractivity contribution >= 4 is 0 Å². The molecule has 1 aromatic carbocycles. The highest BCUT2D eigenvalue weighted by Gasteiger charge is 2.17. The smallest absolute Gasteiger partial charge is 0.171 e. The van der Waals surface area contributed by atoms with Gasteiger partial charge in [0, 0.05) is 0 Å². The van der Waals surface area contributed by atoms with Crippen molar-refractivity contribution in [2.75, 3.05) is 13.2 Å². The average Bonchev–Trinajstić information content (AvgIpc) is 2.98. The van der Waals surface area contributed by atoms with Gasteiger partial charge in [0.1, 0.15) is 12.4 Å². The van der Waals surface area contributed by atoms with Crippen molar-refractivity contribution in [3.05, 3.63) is 35.4 Å². The Bertz CT molecular complexity index is 585. The van der Waals surface area contributed by atoms with Gasteiger partial charge in [-0.1, -0.05) is 6.07 Å². The normalized spacial score (nSPS) is 12.2. The molecule has 0 amide bonds. The van der Waals surface area contributed by atoms with Gasteiger partial charge in [0.2, 0.25) is 0 Å². The second kappa shape index (κ2) is 7.05. The van der Waals surface area contributed by atoms with E-state index in [1.54, 1.807) is 0 Å². The van der Waals surface area contributed by atoms with Crippen molar-refractivity contribution in [1.29, 1.82) is 0 Å². The first kappa shape index (κ1) is 15.3. The topological polar surface area (TPSA) is 106 Å². The van der Waals surface area contributed by atoms with E-state index in [9.17, 15) is 0 Å². The molecule has 2 aromatic rings. The maximum atomic E-state index is 9.00. The number of hydrogen-bond acceptors (Lipinski definition) is 6. The van der Waals surface area contributed by atoms with Crippen LogP contribution in [-0.4, -0.2) is 33.5 Å². The van der Waals surface area contributed by atoms with E-state index >= 15 is 0 Å². The predicted molar refractivity (Wildman–Crippen MR) is 77.1 cm³/mol. The molecule has 1 unspecified atom stereocenters. The molecule has 114 valence electrons. The maximum absolute atomic E-state index is 9.00. The Hall–Kier alpha value is -2.12. The maximum Gasteiger partial charge on any atom is 0.171 e. The summed E-state index contributed by atoms with van der Waals surface area (Å²) in [5, 5.41) is 15.6. The lowest BCUT2D eigenvalue weighted by atomic mass is 10.1. The van der Waals surface area contributed by atoms with Crippen LogP contribution in [-0.2, 0) is 6.61 Å². The van der Waals surface area contributed by atoms with Crippen molar-refractivity contribution in [2.24, 2.45) is 5.73 Å². The minimum atomic E-state index is -0.503. The first-order chi connectivity index (χ1) is 10.2. The van der Waals surface area contributed by atoms with Crippen LogP contribution in [0, 0.1) is 0 Å². The highest BCUT2D eigenvalue weighted by molar-refractivity contribution is 5.44. The Labute approximate surface area is 123 Å². The number of ether oxygens (including phenoxy) is 2. The molecule has 2 rings (SSSR count). The van der Waals surface area contributed by atoms with Gasteiger partial charge >= 0.3 is 0 Å². The van der Waals surface area contributed by atoms with E-state index in [1.165, 1.54) is 0 Å². The summed E-state index contributed by atoms with van der Waals surface area (Å²) < 4.78 is 11.1. The highest BCUT2D eigenvalue weighted by Crippen LogP contribution is 2.31. The molecule has 0 aliphatic carbocycles. The molecule has 7 nitrogen and oxygen atoms in total. The summed E-state index contributed by atoms with van der Waals surface area (Å²) in [7, 11) is 0. The Morgan fingerprint density at radius 2 is 1.95 bits per heavy atom. The number of nitrogens with two attached hydrogens (primary N) is 1. The summed E-state index contributed by atoms with van der Waals surface area (Å²) >= 11 is 0. The van der Waals surface area contributed by atoms with Crippen LogP contribution in [0.5, 0.6) is 11.5 Å². The quantitative estimate of drug-likeness (QED) is 0.706. The van der Waals surface area contributed by atoms with Crippen LogP contribution in [0.3, 0.4) is 0 Å². The molecule has 4 N–H and O–H groups in total. The summed E-state index contributed by atoms with van der Waals surface area (Å²) in [5.74, 6) is 2.13. The second-order valence-electron chi connectivity index (χ2n) is 4.35. The van der Waals surface area contributed by atoms with E-state index < -0.39 is 6.04 Å². The van der Waals surface area contributed by atoms with Crippen molar-refractivity contribution in [3.63, 3.8) is 0 Å². The number of hydrogen-bond donors (Lipinski definition) is 3. The monoisotopic (exact) mass is 292 g/mol. The molecule has 0 saturated heterocycles. The standard InChI is InChI=1S/C14H20N4O3/c1-3-20-10-6-5-9(7-11(10)21-4-2)13(15)14-16-12(8-19)17-18-14/h5-7,13,19H,3-4,8,15H2,1-2H3,(H,16,17,18). The lowest BCUT2D eigenvalue weighted by Gasteiger charge is -2.14. The lowest BCUT2D eigenvalue weighted by molar-refractivity contribution is 0.271. The van der Waals surface area contributed by atoms with Gasteiger partial charge in [-0.15, -0.1) is 0 Å². The molecule has 1 atom stereocenters. The predicted octanol–water partition coefficient (Wildman–Crippen LogP) is 1.14. The molecule has 1 heterocycles. The van der Waals surface area contributed by atoms with Gasteiger partial charge in [0.15, 0.2) is 17.3 Å². The van der Waals surface area contributed by atoms with E-state index in [0.717, 1.165) is 5.56 Å². The van der Waals surface area contributed by atoms with Gasteiger partial charge in [0.25, 0.3) is 0 Å². The molecule has 0 bridgehead atoms. The number of nitrogens with zero attached hydrogens (tertiary/aromatic N) is 2. The molecule has 0 spiro atoms. The largest absolute Gasteiger partial charge is 0.490 e. The molecular weight excluding hydrogens is 272 g/mol. The van der Waals surface area contributed by atoms with Crippen LogP contribution in [0.25, 0.3) is 0 Å². The van der Waals surface area contributed by atoms with E-state index in [-0.39, 0.29) is 6.61 Å². The number of aliphatic hydroxyl groups is 1. The Morgan fingerprint density at radius 3 is 2.57 bits per heavy atom. The van der Waals surface area contributed by atoms with Crippen LogP contribution in [0.4, 0.5) is 0 Å². The molecule has 21 heavy (non-hydrogen) atoms. The molecule has 0 saturated carbocycles. The SMILES string of the molecule is CCOc1ccc(C(N)c2n[nH]c(CO)n2)cc1OCC. The lowest BCUT2D eigenvalue weighted by Crippen LogP contribution is -2.14. The molecular formula is C14H20N4O3. The van der Waals surface area contributed by atoms with Crippen molar-refractivity contribution in [1.82, 2.24) is 15.2 Å². The first-order valence-electron chi connectivity index (χ1n) is 6.86. The summed E-state index contributed by atoms with van der Waals surface area (Å²) in [6.45, 7) is 4.72. The van der Waals surface area contributed by atoms with Gasteiger partial charge in [0.05, 0.1) is 19.3 Å². The number of nitrogens with one attached hydrogen (secondary N) is 1. The van der Waals surface area contributed by atoms with Crippen molar-refractivity contribution in [2.45, 2.75) is 26.5 Å². The third-order valence-corrected chi connectivity index (χ3v) is 2.90. The summed E-state index contributed by atoms with van der Waals surface area (Å²) in [5.41, 5.74) is 6.96. The molecule has 0 aliphatic rings. The van der Waals surface area contributed by atoms with Gasteiger partial charge in [-0.05, 0) is 31.5 Å². The average molecular weight is 292 g/mol. The van der Waals surface area contributed by atoms with Gasteiger partial charge < -0.3 is 20.3 Å². The number of aliphatic hydroxyl groups excluding tert-OH is 1. The molecule has 1 aromatic heterocycles. The van der Waals surface area contributed by atoms with E-state index in [2.05, 4.69) is 15.2 Å². The van der Waals surface area contributed by atoms with Gasteiger partial charge in [-0.25, -0.2) is 4.98 Å². The fourth-order valence-corrected chi connectivity index (χ4v) is 1.93. The summed E-state index contributed by atoms with van der Waals surface area (Å²) in [6, 6.07) is 5.00. The Balaban J connectivity index is 2.27. The van der Waals surface area contributed by atoms with Crippen molar-refractivity contribution in [3.8, 4) is 11.5 Å². The molecule has 0 aliphatic heterocycles. The zero-order chi connectivity index (χ0) is 15.2. The van der Waals surface area contributed by atoms with Crippen LogP contribution in [0.1, 0.15) is 37.1 Å². The minimum Gasteiger partial charge on any atom is -0.490 e. The summed E-state index contributed by atoms with van der Waals surface area (Å²) in [4.78, 5) is 4.13. The van der Waals surface area contributed by atoms with Crippen molar-refractivity contribution < 1.29 is 14.6 Å². The minimum absolute atomic E-state index is 0.201. The van der Waals surface area contributed by atoms with Crippen LogP contribution in [0.15, 0.2) is 18.2 Å². The zero-order valence-corrected chi connectivity index (χ0v) is 12.2. The van der Waals surface area contributed by atoms with Gasteiger partial charge in [-0.3, -0.25) is 5.10 Å². The highest BCUT2D eigenvalue weighted by atomic mass is 16.5. The summed E-state index contributed by atoms with van der Waals surface area (Å²) in [6.07, 6.45) is 0. The number of aromatic amines is 1. The fourth-order valence-electron chi connectivity index (χ4n) is 1.93. The second-order valence-corrected chi connectivity index (χ2v) is 4.35. The molecule has 0 fully saturated rings. The number of benzene rings is 1. The Kier molecular flexibility index (Phi) is 5.13. The van der Waals surface area contributed by atoms with Gasteiger partial charge in [-0.2, -0.15) is 5.10 Å². The van der Waals surface area contributed by atoms with Crippen LogP contribution >= 0.6 is 0 Å². The Morgan fingerprint density at radius 1 is 1.24 bits per heavy atom. The first-order valence-corrected chi connectivity index (χ1v) is 6.86. The van der Waals surface area contributed by atoms with Crippen LogP contribution in [0.2, 0.25) is 0 Å². The van der Waals surface area contributed by atoms with E-state index in [4.69, 9.17) is 20.3 Å². The zero-order valence-electron chi connectivity index (χ0n) is 12.2. The third kappa shape index (κ3) is 3.50. The van der Waals surface area contributed by atoms with E-state index in [0.29, 0.717) is 36.4 Å². The third-order valence-electron chi connectivity index (χ3n) is 2.90. The number of rotatable bonds is 7. The van der Waals surface area contributed by atoms with E-state index in [1.807, 2.05) is 32.0 Å². The molecule has 0 radical (unpaired) electrons. The number of H-pyrrole nitrogens is 1.